The first-order chi connectivity index (χ1) is 13.5. The monoisotopic (exact) mass is 438 g/mol. The average molecular weight is 439 g/mol. The molecule has 4 rings (SSSR count). The molecule has 28 heavy (non-hydrogen) atoms. The maximum atomic E-state index is 14.6. The molecule has 3 aromatic carbocycles. The largest absolute Gasteiger partial charge is 0.358 e. The molecule has 0 radical (unpaired) electrons. The van der Waals surface area contributed by atoms with Crippen LogP contribution in [0.25, 0.3) is 22.2 Å². The number of para-hydroxylation sites is 1. The quantitative estimate of drug-likeness (QED) is 0.190. The van der Waals surface area contributed by atoms with E-state index in [1.54, 1.807) is 4.57 Å². The summed E-state index contributed by atoms with van der Waals surface area (Å²) in [5.41, 5.74) is 3.08. The van der Waals surface area contributed by atoms with Gasteiger partial charge in [0, 0.05) is 5.39 Å². The molecule has 0 atom stereocenters. The third-order valence-electron chi connectivity index (χ3n) is 4.50. The Kier molecular flexibility index (Phi) is 5.09. The highest BCUT2D eigenvalue weighted by atomic mass is 79.9. The zero-order valence-corrected chi connectivity index (χ0v) is 16.5. The van der Waals surface area contributed by atoms with Crippen LogP contribution < -0.4 is 0 Å². The Morgan fingerprint density at radius 3 is 2.14 bits per heavy atom. The molecular formula is C23H17BrF2N2. The van der Waals surface area contributed by atoms with Crippen LogP contribution in [0.3, 0.4) is 0 Å². The van der Waals surface area contributed by atoms with Crippen LogP contribution in [-0.2, 0) is 6.54 Å². The van der Waals surface area contributed by atoms with Crippen molar-refractivity contribution in [2.24, 2.45) is 4.99 Å². The Bertz CT molecular complexity index is 1110. The summed E-state index contributed by atoms with van der Waals surface area (Å²) in [6, 6.07) is 28.3. The topological polar surface area (TPSA) is 17.3 Å². The van der Waals surface area contributed by atoms with Gasteiger partial charge in [-0.3, -0.25) is 9.56 Å². The van der Waals surface area contributed by atoms with Gasteiger partial charge in [-0.25, -0.2) is 0 Å². The number of benzene rings is 3. The second kappa shape index (κ2) is 7.68. The van der Waals surface area contributed by atoms with Gasteiger partial charge in [0.1, 0.15) is 0 Å². The van der Waals surface area contributed by atoms with Gasteiger partial charge in [-0.15, -0.1) is 0 Å². The lowest BCUT2D eigenvalue weighted by Gasteiger charge is -2.18. The van der Waals surface area contributed by atoms with Crippen LogP contribution in [0.1, 0.15) is 5.56 Å². The maximum absolute atomic E-state index is 14.6. The lowest BCUT2D eigenvalue weighted by atomic mass is 10.1. The van der Waals surface area contributed by atoms with Crippen molar-refractivity contribution >= 4 is 32.7 Å². The lowest BCUT2D eigenvalue weighted by Crippen LogP contribution is -2.29. The highest BCUT2D eigenvalue weighted by Gasteiger charge is 2.35. The van der Waals surface area contributed by atoms with E-state index in [1.165, 1.54) is 0 Å². The van der Waals surface area contributed by atoms with Crippen molar-refractivity contribution < 1.29 is 8.78 Å². The number of fused-ring (bicyclic) bond motifs is 1. The zero-order valence-electron chi connectivity index (χ0n) is 14.9. The number of halogens is 3. The van der Waals surface area contributed by atoms with Gasteiger partial charge in [0.2, 0.25) is 0 Å². The minimum atomic E-state index is -3.28. The first-order valence-corrected chi connectivity index (χ1v) is 9.65. The fraction of sp³-hybridized carbons (Fsp3) is 0.0870. The van der Waals surface area contributed by atoms with Crippen molar-refractivity contribution in [3.63, 3.8) is 0 Å². The molecule has 0 aliphatic rings. The Morgan fingerprint density at radius 2 is 1.46 bits per heavy atom. The molecule has 4 aromatic rings. The molecule has 0 N–H and O–H groups in total. The fourth-order valence-electron chi connectivity index (χ4n) is 3.24. The molecule has 0 amide bonds. The molecule has 0 saturated carbocycles. The van der Waals surface area contributed by atoms with Gasteiger partial charge < -0.3 is 0 Å². The van der Waals surface area contributed by atoms with Crippen LogP contribution in [0.15, 0.2) is 96.0 Å². The van der Waals surface area contributed by atoms with Crippen LogP contribution in [0, 0.1) is 0 Å². The van der Waals surface area contributed by atoms with E-state index in [0.29, 0.717) is 11.2 Å². The third kappa shape index (κ3) is 3.76. The number of hydrogen-bond donors (Lipinski definition) is 0. The van der Waals surface area contributed by atoms with E-state index < -0.39 is 4.83 Å². The number of rotatable bonds is 4. The maximum Gasteiger partial charge on any atom is 0.358 e. The molecule has 1 aromatic heterocycles. The SMILES string of the molecule is FC(F)(Br)C(=NCc1ccccc1)n1c(-c2ccccc2)cc2ccccc21. The van der Waals surface area contributed by atoms with Crippen LogP contribution in [0.2, 0.25) is 0 Å². The van der Waals surface area contributed by atoms with Crippen LogP contribution in [-0.4, -0.2) is 15.2 Å². The van der Waals surface area contributed by atoms with Gasteiger partial charge in [0.05, 0.1) is 17.8 Å². The molecule has 140 valence electrons. The highest BCUT2D eigenvalue weighted by molar-refractivity contribution is 9.10. The number of alkyl halides is 3. The van der Waals surface area contributed by atoms with Gasteiger partial charge in [0.15, 0.2) is 5.84 Å². The van der Waals surface area contributed by atoms with E-state index in [4.69, 9.17) is 0 Å². The molecule has 0 aliphatic carbocycles. The van der Waals surface area contributed by atoms with Gasteiger partial charge in [0.25, 0.3) is 0 Å². The van der Waals surface area contributed by atoms with Gasteiger partial charge in [-0.05, 0) is 39.2 Å². The van der Waals surface area contributed by atoms with Gasteiger partial charge in [-0.1, -0.05) is 78.9 Å². The summed E-state index contributed by atoms with van der Waals surface area (Å²) in [5, 5.41) is 0.880. The Morgan fingerprint density at radius 1 is 0.857 bits per heavy atom. The average Bonchev–Trinajstić information content (AvgIpc) is 3.08. The molecule has 0 fully saturated rings. The number of aliphatic imine (C=N–C) groups is 1. The van der Waals surface area contributed by atoms with Crippen molar-refractivity contribution in [2.45, 2.75) is 11.4 Å². The number of nitrogens with zero attached hydrogens (tertiary/aromatic N) is 2. The molecule has 2 nitrogen and oxygen atoms in total. The summed E-state index contributed by atoms with van der Waals surface area (Å²) in [6.07, 6.45) is 0. The van der Waals surface area contributed by atoms with Gasteiger partial charge >= 0.3 is 4.83 Å². The minimum Gasteiger partial charge on any atom is -0.292 e. The summed E-state index contributed by atoms with van der Waals surface area (Å²) in [6.45, 7) is 0.165. The standard InChI is InChI=1S/C23H17BrF2N2/c24-23(25,26)22(27-16-17-9-3-1-4-10-17)28-20-14-8-7-13-19(20)15-21(28)18-11-5-2-6-12-18/h1-15H,16H2. The van der Waals surface area contributed by atoms with Crippen molar-refractivity contribution in [3.05, 3.63) is 96.6 Å². The molecule has 5 heteroatoms. The van der Waals surface area contributed by atoms with Gasteiger partial charge in [-0.2, -0.15) is 8.78 Å². The molecule has 0 bridgehead atoms. The first kappa shape index (κ1) is 18.6. The number of hydrogen-bond acceptors (Lipinski definition) is 1. The summed E-state index contributed by atoms with van der Waals surface area (Å²) in [7, 11) is 0. The minimum absolute atomic E-state index is 0.165. The molecule has 0 unspecified atom stereocenters. The first-order valence-electron chi connectivity index (χ1n) is 8.86. The fourth-order valence-corrected chi connectivity index (χ4v) is 3.54. The van der Waals surface area contributed by atoms with E-state index in [9.17, 15) is 8.78 Å². The molecular weight excluding hydrogens is 422 g/mol. The normalized spacial score (nSPS) is 12.5. The van der Waals surface area contributed by atoms with E-state index in [2.05, 4.69) is 20.9 Å². The molecule has 0 spiro atoms. The third-order valence-corrected chi connectivity index (χ3v) is 4.85. The van der Waals surface area contributed by atoms with Crippen molar-refractivity contribution in [1.82, 2.24) is 4.57 Å². The van der Waals surface area contributed by atoms with Crippen LogP contribution in [0.5, 0.6) is 0 Å². The summed E-state index contributed by atoms with van der Waals surface area (Å²) in [4.78, 5) is 1.04. The Labute approximate surface area is 170 Å². The van der Waals surface area contributed by atoms with E-state index in [1.807, 2.05) is 91.0 Å². The second-order valence-electron chi connectivity index (χ2n) is 6.41. The Hall–Kier alpha value is -2.79. The molecule has 1 heterocycles. The van der Waals surface area contributed by atoms with Crippen molar-refractivity contribution in [1.29, 1.82) is 0 Å². The lowest BCUT2D eigenvalue weighted by molar-refractivity contribution is 0.189. The molecule has 0 aliphatic heterocycles. The van der Waals surface area contributed by atoms with E-state index >= 15 is 0 Å². The van der Waals surface area contributed by atoms with Crippen molar-refractivity contribution in [2.75, 3.05) is 0 Å². The predicted molar refractivity (Wildman–Crippen MR) is 114 cm³/mol. The summed E-state index contributed by atoms with van der Waals surface area (Å²) in [5.74, 6) is -0.337. The van der Waals surface area contributed by atoms with Crippen LogP contribution >= 0.6 is 15.9 Å². The zero-order chi connectivity index (χ0) is 19.6. The number of aromatic nitrogens is 1. The second-order valence-corrected chi connectivity index (χ2v) is 7.41. The highest BCUT2D eigenvalue weighted by Crippen LogP contribution is 2.34. The predicted octanol–water partition coefficient (Wildman–Crippen LogP) is 6.74. The summed E-state index contributed by atoms with van der Waals surface area (Å²) < 4.78 is 30.8. The smallest absolute Gasteiger partial charge is 0.292 e. The van der Waals surface area contributed by atoms with E-state index in [0.717, 1.165) is 16.5 Å². The Balaban J connectivity index is 1.93. The molecule has 0 saturated heterocycles. The van der Waals surface area contributed by atoms with E-state index in [-0.39, 0.29) is 12.4 Å². The summed E-state index contributed by atoms with van der Waals surface area (Å²) >= 11 is 2.55. The van der Waals surface area contributed by atoms with Crippen molar-refractivity contribution in [3.8, 4) is 11.3 Å². The van der Waals surface area contributed by atoms with Crippen LogP contribution in [0.4, 0.5) is 8.78 Å².